The van der Waals surface area contributed by atoms with Gasteiger partial charge in [-0.15, -0.1) is 22.7 Å². The van der Waals surface area contributed by atoms with Gasteiger partial charge in [0, 0.05) is 21.2 Å². The molecule has 4 nitrogen and oxygen atoms in total. The number of benzene rings is 1. The summed E-state index contributed by atoms with van der Waals surface area (Å²) < 4.78 is 27.7. The van der Waals surface area contributed by atoms with Crippen molar-refractivity contribution in [2.24, 2.45) is 0 Å². The first-order chi connectivity index (χ1) is 12.7. The van der Waals surface area contributed by atoms with E-state index >= 15 is 0 Å². The Bertz CT molecular complexity index is 982. The summed E-state index contributed by atoms with van der Waals surface area (Å²) in [6.45, 7) is 6.47. The lowest BCUT2D eigenvalue weighted by Gasteiger charge is -2.19. The minimum atomic E-state index is -3.58. The Morgan fingerprint density at radius 3 is 2.33 bits per heavy atom. The van der Waals surface area contributed by atoms with Crippen LogP contribution in [0.3, 0.4) is 0 Å². The highest BCUT2D eigenvalue weighted by atomic mass is 32.2. The molecular weight excluding hydrogens is 398 g/mol. The maximum Gasteiger partial charge on any atom is 0.240 e. The van der Waals surface area contributed by atoms with Gasteiger partial charge in [0.25, 0.3) is 0 Å². The first-order valence-electron chi connectivity index (χ1n) is 8.57. The normalized spacial score (nSPS) is 13.6. The monoisotopic (exact) mass is 421 g/mol. The smallest absolute Gasteiger partial charge is 0.240 e. The lowest BCUT2D eigenvalue weighted by atomic mass is 9.87. The third-order valence-electron chi connectivity index (χ3n) is 4.23. The number of hydrogen-bond donors (Lipinski definition) is 2. The van der Waals surface area contributed by atoms with Crippen molar-refractivity contribution >= 4 is 32.7 Å². The minimum Gasteiger partial charge on any atom is -0.382 e. The Morgan fingerprint density at radius 1 is 1.04 bits per heavy atom. The summed E-state index contributed by atoms with van der Waals surface area (Å²) in [4.78, 5) is 2.80. The molecular formula is C20H23NO3S3. The van der Waals surface area contributed by atoms with Crippen LogP contribution in [-0.2, 0) is 22.0 Å². The molecule has 0 aliphatic heterocycles. The van der Waals surface area contributed by atoms with E-state index in [1.54, 1.807) is 12.1 Å². The van der Waals surface area contributed by atoms with Crippen LogP contribution >= 0.6 is 22.7 Å². The zero-order valence-corrected chi connectivity index (χ0v) is 17.9. The molecule has 3 aromatic rings. The average Bonchev–Trinajstić information content (AvgIpc) is 3.31. The maximum atomic E-state index is 12.5. The predicted octanol–water partition coefficient (Wildman–Crippen LogP) is 4.67. The standard InChI is InChI=1S/C20H23NO3S3/c1-20(2,3)14-6-9-16(10-7-14)27(23,24)21-13-15-8-11-18(26-15)19(22)17-5-4-12-25-17/h4-12,19,21-22H,13H2,1-3H3. The number of rotatable bonds is 6. The Morgan fingerprint density at radius 2 is 1.74 bits per heavy atom. The van der Waals surface area contributed by atoms with Gasteiger partial charge < -0.3 is 5.11 Å². The van der Waals surface area contributed by atoms with E-state index in [-0.39, 0.29) is 16.9 Å². The molecule has 2 aromatic heterocycles. The predicted molar refractivity (Wildman–Crippen MR) is 112 cm³/mol. The molecule has 1 aromatic carbocycles. The zero-order valence-electron chi connectivity index (χ0n) is 15.5. The molecule has 0 saturated heterocycles. The zero-order chi connectivity index (χ0) is 19.7. The van der Waals surface area contributed by atoms with E-state index in [0.29, 0.717) is 0 Å². The summed E-state index contributed by atoms with van der Waals surface area (Å²) in [6, 6.07) is 14.5. The topological polar surface area (TPSA) is 66.4 Å². The minimum absolute atomic E-state index is 0.0213. The van der Waals surface area contributed by atoms with Crippen LogP contribution in [0.5, 0.6) is 0 Å². The maximum absolute atomic E-state index is 12.5. The summed E-state index contributed by atoms with van der Waals surface area (Å²) in [7, 11) is -3.58. The van der Waals surface area contributed by atoms with Crippen molar-refractivity contribution in [3.63, 3.8) is 0 Å². The second kappa shape index (κ2) is 7.85. The average molecular weight is 422 g/mol. The number of hydrogen-bond acceptors (Lipinski definition) is 5. The molecule has 0 aliphatic carbocycles. The van der Waals surface area contributed by atoms with Crippen LogP contribution in [0.2, 0.25) is 0 Å². The molecule has 144 valence electrons. The molecule has 7 heteroatoms. The molecule has 1 atom stereocenters. The lowest BCUT2D eigenvalue weighted by molar-refractivity contribution is 0.228. The van der Waals surface area contributed by atoms with Crippen molar-refractivity contribution in [3.05, 3.63) is 74.1 Å². The fraction of sp³-hybridized carbons (Fsp3) is 0.300. The van der Waals surface area contributed by atoms with Gasteiger partial charge in [-0.05, 0) is 46.7 Å². The van der Waals surface area contributed by atoms with E-state index in [9.17, 15) is 13.5 Å². The largest absolute Gasteiger partial charge is 0.382 e. The van der Waals surface area contributed by atoms with Crippen LogP contribution in [0, 0.1) is 0 Å². The molecule has 0 spiro atoms. The quantitative estimate of drug-likeness (QED) is 0.608. The van der Waals surface area contributed by atoms with Gasteiger partial charge in [0.05, 0.1) is 4.90 Å². The van der Waals surface area contributed by atoms with Crippen molar-refractivity contribution in [3.8, 4) is 0 Å². The van der Waals surface area contributed by atoms with Crippen molar-refractivity contribution in [1.29, 1.82) is 0 Å². The van der Waals surface area contributed by atoms with Crippen molar-refractivity contribution in [2.75, 3.05) is 0 Å². The van der Waals surface area contributed by atoms with Crippen LogP contribution in [-0.4, -0.2) is 13.5 Å². The third kappa shape index (κ3) is 4.86. The number of sulfonamides is 1. The highest BCUT2D eigenvalue weighted by molar-refractivity contribution is 7.89. The fourth-order valence-corrected chi connectivity index (χ4v) is 5.46. The van der Waals surface area contributed by atoms with Gasteiger partial charge in [0.15, 0.2) is 0 Å². The van der Waals surface area contributed by atoms with Crippen LogP contribution in [0.25, 0.3) is 0 Å². The highest BCUT2D eigenvalue weighted by Crippen LogP contribution is 2.31. The van der Waals surface area contributed by atoms with Crippen molar-refractivity contribution in [1.82, 2.24) is 4.72 Å². The van der Waals surface area contributed by atoms with Crippen LogP contribution in [0.1, 0.15) is 47.1 Å². The molecule has 2 heterocycles. The molecule has 0 radical (unpaired) electrons. The third-order valence-corrected chi connectivity index (χ3v) is 7.71. The summed E-state index contributed by atoms with van der Waals surface area (Å²) in [5.74, 6) is 0. The van der Waals surface area contributed by atoms with Gasteiger partial charge in [-0.25, -0.2) is 13.1 Å². The Hall–Kier alpha value is -1.51. The van der Waals surface area contributed by atoms with Crippen LogP contribution in [0.4, 0.5) is 0 Å². The molecule has 0 aliphatic rings. The highest BCUT2D eigenvalue weighted by Gasteiger charge is 2.18. The fourth-order valence-electron chi connectivity index (χ4n) is 2.61. The van der Waals surface area contributed by atoms with Crippen LogP contribution in [0.15, 0.2) is 58.8 Å². The number of aliphatic hydroxyl groups is 1. The molecule has 0 fully saturated rings. The van der Waals surface area contributed by atoms with Gasteiger partial charge in [-0.3, -0.25) is 0 Å². The van der Waals surface area contributed by atoms with E-state index in [1.807, 2.05) is 41.8 Å². The lowest BCUT2D eigenvalue weighted by Crippen LogP contribution is -2.23. The second-order valence-corrected chi connectivity index (χ2v) is 11.3. The van der Waals surface area contributed by atoms with Crippen molar-refractivity contribution < 1.29 is 13.5 Å². The summed E-state index contributed by atoms with van der Waals surface area (Å²) >= 11 is 2.91. The van der Waals surface area contributed by atoms with E-state index in [0.717, 1.165) is 20.2 Å². The van der Waals surface area contributed by atoms with Gasteiger partial charge in [0.1, 0.15) is 6.10 Å². The number of aliphatic hydroxyl groups excluding tert-OH is 1. The van der Waals surface area contributed by atoms with Crippen LogP contribution < -0.4 is 4.72 Å². The number of nitrogens with one attached hydrogen (secondary N) is 1. The summed E-state index contributed by atoms with van der Waals surface area (Å²) in [6.07, 6.45) is -0.662. The molecule has 27 heavy (non-hydrogen) atoms. The SMILES string of the molecule is CC(C)(C)c1ccc(S(=O)(=O)NCc2ccc(C(O)c3cccs3)s2)cc1. The van der Waals surface area contributed by atoms with Crippen molar-refractivity contribution in [2.45, 2.75) is 43.7 Å². The Labute approximate surface area is 168 Å². The molecule has 2 N–H and O–H groups in total. The Balaban J connectivity index is 1.67. The Kier molecular flexibility index (Phi) is 5.88. The van der Waals surface area contributed by atoms with Gasteiger partial charge in [-0.2, -0.15) is 0 Å². The molecule has 1 unspecified atom stereocenters. The van der Waals surface area contributed by atoms with E-state index in [4.69, 9.17) is 0 Å². The van der Waals surface area contributed by atoms with Gasteiger partial charge >= 0.3 is 0 Å². The van der Waals surface area contributed by atoms with E-state index < -0.39 is 16.1 Å². The summed E-state index contributed by atoms with van der Waals surface area (Å²) in [5.41, 5.74) is 1.07. The van der Waals surface area contributed by atoms with E-state index in [2.05, 4.69) is 25.5 Å². The first kappa shape index (κ1) is 20.2. The molecule has 3 rings (SSSR count). The second-order valence-electron chi connectivity index (χ2n) is 7.32. The van der Waals surface area contributed by atoms with E-state index in [1.165, 1.54) is 22.7 Å². The summed E-state index contributed by atoms with van der Waals surface area (Å²) in [5, 5.41) is 12.3. The van der Waals surface area contributed by atoms with Gasteiger partial charge in [0.2, 0.25) is 10.0 Å². The number of thiophene rings is 2. The first-order valence-corrected chi connectivity index (χ1v) is 11.7. The van der Waals surface area contributed by atoms with Gasteiger partial charge in [-0.1, -0.05) is 39.0 Å². The molecule has 0 bridgehead atoms. The molecule has 0 amide bonds. The molecule has 0 saturated carbocycles.